The van der Waals surface area contributed by atoms with Crippen LogP contribution in [0.3, 0.4) is 0 Å². The molecule has 2 aromatic heterocycles. The first-order chi connectivity index (χ1) is 22.0. The van der Waals surface area contributed by atoms with Crippen molar-refractivity contribution in [3.8, 4) is 17.0 Å². The maximum atomic E-state index is 14.4. The minimum Gasteiger partial charge on any atom is -0.497 e. The van der Waals surface area contributed by atoms with Gasteiger partial charge in [-0.05, 0) is 43.7 Å². The summed E-state index contributed by atoms with van der Waals surface area (Å²) in [6.07, 6.45) is -2.68. The number of methoxy groups -OCH3 is 1. The van der Waals surface area contributed by atoms with Crippen molar-refractivity contribution in [2.24, 2.45) is 0 Å². The largest absolute Gasteiger partial charge is 0.497 e. The second-order valence-corrected chi connectivity index (χ2v) is 11.0. The molecule has 13 heteroatoms. The van der Waals surface area contributed by atoms with E-state index in [4.69, 9.17) is 9.47 Å². The Morgan fingerprint density at radius 1 is 1.13 bits per heavy atom. The lowest BCUT2D eigenvalue weighted by atomic mass is 10.0. The monoisotopic (exact) mass is 636 g/mol. The summed E-state index contributed by atoms with van der Waals surface area (Å²) in [5, 5.41) is 6.79. The average Bonchev–Trinajstić information content (AvgIpc) is 3.46. The Hall–Kier alpha value is -4.91. The molecule has 0 radical (unpaired) electrons. The predicted octanol–water partition coefficient (Wildman–Crippen LogP) is 5.53. The van der Waals surface area contributed by atoms with Crippen LogP contribution in [0.2, 0.25) is 0 Å². The second-order valence-electron chi connectivity index (χ2n) is 11.0. The Bertz CT molecular complexity index is 1710. The number of hydrogen-bond acceptors (Lipinski definition) is 7. The van der Waals surface area contributed by atoms with Crippen molar-refractivity contribution in [2.45, 2.75) is 32.1 Å². The summed E-state index contributed by atoms with van der Waals surface area (Å²) in [6, 6.07) is 15.7. The molecule has 3 heterocycles. The number of alkyl carbamates (subject to hydrolysis) is 1. The van der Waals surface area contributed by atoms with Crippen molar-refractivity contribution in [3.05, 3.63) is 95.8 Å². The van der Waals surface area contributed by atoms with Crippen LogP contribution in [-0.2, 0) is 10.9 Å². The van der Waals surface area contributed by atoms with Gasteiger partial charge in [-0.3, -0.25) is 9.69 Å². The van der Waals surface area contributed by atoms with Crippen LogP contribution < -0.4 is 10.1 Å². The van der Waals surface area contributed by atoms with E-state index in [1.165, 1.54) is 20.1 Å². The minimum absolute atomic E-state index is 0.0215. The lowest BCUT2D eigenvalue weighted by Gasteiger charge is -2.43. The molecule has 1 N–H and O–H groups in total. The van der Waals surface area contributed by atoms with E-state index in [2.05, 4.69) is 26.9 Å². The second kappa shape index (κ2) is 13.6. The molecule has 0 unspecified atom stereocenters. The first kappa shape index (κ1) is 32.5. The van der Waals surface area contributed by atoms with Gasteiger partial charge in [-0.25, -0.2) is 14.3 Å². The van der Waals surface area contributed by atoms with Gasteiger partial charge in [-0.15, -0.1) is 0 Å². The highest BCUT2D eigenvalue weighted by atomic mass is 19.4. The third-order valence-electron chi connectivity index (χ3n) is 8.06. The number of ether oxygens (including phenoxy) is 2. The molecule has 0 saturated carbocycles. The molecule has 4 aromatic rings. The Morgan fingerprint density at radius 2 is 1.85 bits per heavy atom. The van der Waals surface area contributed by atoms with Gasteiger partial charge in [0.25, 0.3) is 5.91 Å². The summed E-state index contributed by atoms with van der Waals surface area (Å²) >= 11 is 0. The summed E-state index contributed by atoms with van der Waals surface area (Å²) < 4.78 is 54.2. The fraction of sp³-hybridized carbons (Fsp3) is 0.333. The minimum atomic E-state index is -4.75. The quantitative estimate of drug-likeness (QED) is 0.241. The number of piperazine rings is 1. The van der Waals surface area contributed by atoms with Crippen molar-refractivity contribution in [1.29, 1.82) is 0 Å². The van der Waals surface area contributed by atoms with Crippen molar-refractivity contribution < 1.29 is 32.2 Å². The van der Waals surface area contributed by atoms with Crippen LogP contribution in [0.1, 0.15) is 40.1 Å². The maximum Gasteiger partial charge on any atom is 0.433 e. The van der Waals surface area contributed by atoms with E-state index in [0.717, 1.165) is 11.8 Å². The zero-order chi connectivity index (χ0) is 33.0. The number of rotatable bonds is 9. The number of alkyl halides is 3. The lowest BCUT2D eigenvalue weighted by Crippen LogP contribution is -2.55. The Balaban J connectivity index is 1.43. The molecule has 1 fully saturated rings. The molecule has 5 rings (SSSR count). The van der Waals surface area contributed by atoms with Crippen LogP contribution in [-0.4, -0.2) is 82.3 Å². The van der Waals surface area contributed by atoms with E-state index in [1.54, 1.807) is 29.2 Å². The van der Waals surface area contributed by atoms with Crippen LogP contribution in [0.4, 0.5) is 18.0 Å². The van der Waals surface area contributed by atoms with Crippen LogP contribution in [0.5, 0.6) is 5.75 Å². The molecule has 1 aliphatic rings. The van der Waals surface area contributed by atoms with E-state index in [9.17, 15) is 22.8 Å². The highest BCUT2D eigenvalue weighted by molar-refractivity contribution is 6.00. The summed E-state index contributed by atoms with van der Waals surface area (Å²) in [4.78, 5) is 34.5. The molecule has 46 heavy (non-hydrogen) atoms. The average molecular weight is 637 g/mol. The summed E-state index contributed by atoms with van der Waals surface area (Å²) in [6.45, 7) is 8.33. The van der Waals surface area contributed by atoms with Crippen molar-refractivity contribution in [3.63, 3.8) is 0 Å². The summed E-state index contributed by atoms with van der Waals surface area (Å²) in [7, 11) is 1.50. The number of aromatic nitrogens is 3. The number of halogens is 3. The van der Waals surface area contributed by atoms with Crippen LogP contribution in [0.25, 0.3) is 16.9 Å². The summed E-state index contributed by atoms with van der Waals surface area (Å²) in [5.41, 5.74) is 0.223. The number of fused-ring (bicyclic) bond motifs is 1. The zero-order valence-corrected chi connectivity index (χ0v) is 25.8. The fourth-order valence-corrected chi connectivity index (χ4v) is 5.81. The molecule has 2 atom stereocenters. The molecule has 0 aliphatic carbocycles. The molecule has 0 bridgehead atoms. The van der Waals surface area contributed by atoms with Crippen molar-refractivity contribution >= 4 is 17.6 Å². The Kier molecular flexibility index (Phi) is 9.61. The predicted molar refractivity (Wildman–Crippen MR) is 166 cm³/mol. The van der Waals surface area contributed by atoms with Gasteiger partial charge in [0.15, 0.2) is 11.3 Å². The van der Waals surface area contributed by atoms with Gasteiger partial charge in [0.05, 0.1) is 25.0 Å². The third-order valence-corrected chi connectivity index (χ3v) is 8.06. The molecular weight excluding hydrogens is 601 g/mol. The fourth-order valence-electron chi connectivity index (χ4n) is 5.81. The topological polar surface area (TPSA) is 101 Å². The van der Waals surface area contributed by atoms with Gasteiger partial charge in [-0.2, -0.15) is 18.3 Å². The van der Waals surface area contributed by atoms with E-state index < -0.39 is 23.9 Å². The van der Waals surface area contributed by atoms with Gasteiger partial charge in [-0.1, -0.05) is 43.0 Å². The zero-order valence-electron chi connectivity index (χ0n) is 25.8. The molecule has 2 aromatic carbocycles. The van der Waals surface area contributed by atoms with Crippen molar-refractivity contribution in [1.82, 2.24) is 29.7 Å². The van der Waals surface area contributed by atoms with E-state index >= 15 is 0 Å². The third kappa shape index (κ3) is 6.69. The number of nitrogens with zero attached hydrogens (tertiary/aromatic N) is 5. The smallest absolute Gasteiger partial charge is 0.433 e. The number of carbonyl (C=O) groups excluding carboxylic acids is 2. The number of benzene rings is 2. The highest BCUT2D eigenvalue weighted by Gasteiger charge is 2.40. The van der Waals surface area contributed by atoms with Gasteiger partial charge in [0, 0.05) is 43.3 Å². The number of carbonyl (C=O) groups is 2. The molecule has 0 spiro atoms. The molecule has 1 saturated heterocycles. The van der Waals surface area contributed by atoms with Crippen LogP contribution >= 0.6 is 0 Å². The first-order valence-corrected chi connectivity index (χ1v) is 14.7. The molecule has 1 aliphatic heterocycles. The van der Waals surface area contributed by atoms with E-state index in [-0.39, 0.29) is 47.7 Å². The van der Waals surface area contributed by atoms with Gasteiger partial charge in [0.1, 0.15) is 17.9 Å². The van der Waals surface area contributed by atoms with E-state index in [0.29, 0.717) is 35.5 Å². The molecule has 242 valence electrons. The first-order valence-electron chi connectivity index (χ1n) is 14.7. The highest BCUT2D eigenvalue weighted by Crippen LogP contribution is 2.37. The van der Waals surface area contributed by atoms with Gasteiger partial charge >= 0.3 is 12.3 Å². The molecular formula is C33H35F3N6O4. The van der Waals surface area contributed by atoms with E-state index in [1.807, 2.05) is 37.3 Å². The van der Waals surface area contributed by atoms with Gasteiger partial charge in [0.2, 0.25) is 0 Å². The Morgan fingerprint density at radius 3 is 2.48 bits per heavy atom. The van der Waals surface area contributed by atoms with Crippen LogP contribution in [0, 0.1) is 6.92 Å². The standard InChI is InChI=1S/C33H35F3N6O4/c1-5-17-46-32(44)37-19-27(23-9-7-6-8-10-23)40-15-16-41(21(2)20-40)31(43)26-18-38-42-29(33(34,35)36)22(3)28(39-30(26)42)24-11-13-25(45-4)14-12-24/h5-14,18,21,27H,1,15-17,19-20H2,2-4H3,(H,37,44)/t21-,27+/m1/s1. The van der Waals surface area contributed by atoms with Gasteiger partial charge < -0.3 is 19.7 Å². The number of nitrogens with one attached hydrogen (secondary N) is 1. The summed E-state index contributed by atoms with van der Waals surface area (Å²) in [5.74, 6) is 0.0829. The lowest BCUT2D eigenvalue weighted by molar-refractivity contribution is -0.143. The normalized spacial score (nSPS) is 16.2. The van der Waals surface area contributed by atoms with Crippen LogP contribution in [0.15, 0.2) is 73.4 Å². The molecule has 2 amide bonds. The Labute approximate surface area is 264 Å². The number of amides is 2. The number of hydrogen-bond donors (Lipinski definition) is 1. The van der Waals surface area contributed by atoms with Crippen molar-refractivity contribution in [2.75, 3.05) is 39.9 Å². The molecule has 10 nitrogen and oxygen atoms in total. The SMILES string of the molecule is C=CCOC(=O)NC[C@@H](c1ccccc1)N1CCN(C(=O)c2cnn3c(C(F)(F)F)c(C)c(-c4ccc(OC)cc4)nc23)[C@H](C)C1. The maximum absolute atomic E-state index is 14.4.